The van der Waals surface area contributed by atoms with Crippen LogP contribution in [0.15, 0.2) is 10.6 Å². The zero-order valence-corrected chi connectivity index (χ0v) is 17.0. The molecular formula is C17H25N3O10. The number of aliphatic hydroxyl groups is 1. The van der Waals surface area contributed by atoms with Crippen LogP contribution in [0.5, 0.6) is 5.88 Å². The fourth-order valence-corrected chi connectivity index (χ4v) is 2.00. The van der Waals surface area contributed by atoms with E-state index in [9.17, 15) is 24.3 Å². The Morgan fingerprint density at radius 1 is 1.17 bits per heavy atom. The number of hydrogen-bond donors (Lipinski definition) is 3. The highest BCUT2D eigenvalue weighted by atomic mass is 16.7. The summed E-state index contributed by atoms with van der Waals surface area (Å²) in [6.07, 6.45) is -2.55. The van der Waals surface area contributed by atoms with Crippen molar-refractivity contribution in [1.29, 1.82) is 0 Å². The molecule has 2 atom stereocenters. The monoisotopic (exact) mass is 431 g/mol. The van der Waals surface area contributed by atoms with Gasteiger partial charge in [0, 0.05) is 13.0 Å². The Bertz CT molecular complexity index is 733. The molecule has 13 nitrogen and oxygen atoms in total. The van der Waals surface area contributed by atoms with Crippen molar-refractivity contribution in [2.45, 2.75) is 32.4 Å². The number of esters is 2. The highest BCUT2D eigenvalue weighted by Gasteiger charge is 2.27. The maximum Gasteiger partial charge on any atom is 0.407 e. The van der Waals surface area contributed by atoms with Crippen LogP contribution in [-0.2, 0) is 23.8 Å². The number of carbonyl (C=O) groups excluding carboxylic acids is 4. The van der Waals surface area contributed by atoms with Gasteiger partial charge in [-0.05, 0) is 11.1 Å². The number of alkyl carbamates (subject to hydrolysis) is 1. The lowest BCUT2D eigenvalue weighted by molar-refractivity contribution is -0.175. The van der Waals surface area contributed by atoms with Crippen LogP contribution in [-0.4, -0.2) is 73.9 Å². The topological polar surface area (TPSA) is 176 Å². The summed E-state index contributed by atoms with van der Waals surface area (Å²) >= 11 is 0. The SMILES string of the molecule is COC(=O)N[C@H](C(=O)OCOC(=O)C(O)CCNC(=O)c1cc(OC)no1)C(C)C. The summed E-state index contributed by atoms with van der Waals surface area (Å²) in [5.74, 6) is -2.80. The van der Waals surface area contributed by atoms with Gasteiger partial charge >= 0.3 is 18.0 Å². The number of rotatable bonds is 11. The molecule has 0 aliphatic carbocycles. The highest BCUT2D eigenvalue weighted by molar-refractivity contribution is 5.91. The van der Waals surface area contributed by atoms with E-state index in [-0.39, 0.29) is 30.5 Å². The van der Waals surface area contributed by atoms with E-state index >= 15 is 0 Å². The Labute approximate surface area is 172 Å². The van der Waals surface area contributed by atoms with Crippen molar-refractivity contribution in [2.24, 2.45) is 5.92 Å². The molecule has 13 heteroatoms. The Hall–Kier alpha value is -3.35. The van der Waals surface area contributed by atoms with Gasteiger partial charge in [0.15, 0.2) is 6.10 Å². The fourth-order valence-electron chi connectivity index (χ4n) is 2.00. The Balaban J connectivity index is 2.33. The van der Waals surface area contributed by atoms with Crippen molar-refractivity contribution in [2.75, 3.05) is 27.6 Å². The predicted octanol–water partition coefficient (Wildman–Crippen LogP) is -0.411. The maximum absolute atomic E-state index is 12.0. The molecule has 30 heavy (non-hydrogen) atoms. The van der Waals surface area contributed by atoms with E-state index in [1.165, 1.54) is 13.2 Å². The van der Waals surface area contributed by atoms with Gasteiger partial charge in [-0.2, -0.15) is 0 Å². The fraction of sp³-hybridized carbons (Fsp3) is 0.588. The van der Waals surface area contributed by atoms with Gasteiger partial charge in [-0.15, -0.1) is 0 Å². The Morgan fingerprint density at radius 3 is 2.40 bits per heavy atom. The van der Waals surface area contributed by atoms with Crippen molar-refractivity contribution in [1.82, 2.24) is 15.8 Å². The second kappa shape index (κ2) is 12.3. The first-order valence-electron chi connectivity index (χ1n) is 8.84. The highest BCUT2D eigenvalue weighted by Crippen LogP contribution is 2.10. The minimum Gasteiger partial charge on any atom is -0.479 e. The summed E-state index contributed by atoms with van der Waals surface area (Å²) in [5, 5.41) is 17.9. The van der Waals surface area contributed by atoms with Gasteiger partial charge in [0.25, 0.3) is 11.8 Å². The van der Waals surface area contributed by atoms with Crippen molar-refractivity contribution in [3.8, 4) is 5.88 Å². The van der Waals surface area contributed by atoms with Crippen LogP contribution >= 0.6 is 0 Å². The molecule has 1 heterocycles. The third kappa shape index (κ3) is 7.95. The Kier molecular flexibility index (Phi) is 10.1. The minimum absolute atomic E-state index is 0.0730. The molecule has 1 unspecified atom stereocenters. The third-order valence-electron chi connectivity index (χ3n) is 3.68. The number of ether oxygens (including phenoxy) is 4. The minimum atomic E-state index is -1.57. The average Bonchev–Trinajstić information content (AvgIpc) is 3.20. The molecule has 0 bridgehead atoms. The lowest BCUT2D eigenvalue weighted by Gasteiger charge is -2.20. The van der Waals surface area contributed by atoms with Gasteiger partial charge in [0.2, 0.25) is 12.6 Å². The maximum atomic E-state index is 12.0. The van der Waals surface area contributed by atoms with Gasteiger partial charge < -0.3 is 39.2 Å². The van der Waals surface area contributed by atoms with E-state index in [1.807, 2.05) is 0 Å². The number of nitrogens with zero attached hydrogens (tertiary/aromatic N) is 1. The molecule has 0 aromatic carbocycles. The number of carbonyl (C=O) groups is 4. The van der Waals surface area contributed by atoms with Gasteiger partial charge in [-0.1, -0.05) is 13.8 Å². The van der Waals surface area contributed by atoms with Crippen LogP contribution in [0.25, 0.3) is 0 Å². The van der Waals surface area contributed by atoms with Crippen LogP contribution in [0, 0.1) is 5.92 Å². The second-order valence-corrected chi connectivity index (χ2v) is 6.20. The number of amides is 2. The van der Waals surface area contributed by atoms with Crippen molar-refractivity contribution < 1.29 is 47.8 Å². The first-order valence-corrected chi connectivity index (χ1v) is 8.84. The third-order valence-corrected chi connectivity index (χ3v) is 3.68. The summed E-state index contributed by atoms with van der Waals surface area (Å²) < 4.78 is 23.4. The first-order chi connectivity index (χ1) is 14.2. The van der Waals surface area contributed by atoms with E-state index in [1.54, 1.807) is 13.8 Å². The molecule has 0 radical (unpaired) electrons. The van der Waals surface area contributed by atoms with Crippen LogP contribution in [0.1, 0.15) is 30.8 Å². The molecule has 0 spiro atoms. The molecule has 0 fully saturated rings. The number of nitrogens with one attached hydrogen (secondary N) is 2. The number of methoxy groups -OCH3 is 2. The molecule has 0 aliphatic rings. The van der Waals surface area contributed by atoms with Crippen molar-refractivity contribution in [3.63, 3.8) is 0 Å². The van der Waals surface area contributed by atoms with Crippen LogP contribution < -0.4 is 15.4 Å². The summed E-state index contributed by atoms with van der Waals surface area (Å²) in [7, 11) is 2.50. The lowest BCUT2D eigenvalue weighted by Crippen LogP contribution is -2.45. The molecule has 2 amide bonds. The average molecular weight is 431 g/mol. The first kappa shape index (κ1) is 24.7. The van der Waals surface area contributed by atoms with E-state index in [2.05, 4.69) is 25.3 Å². The van der Waals surface area contributed by atoms with Gasteiger partial charge in [0.05, 0.1) is 20.3 Å². The molecule has 0 saturated heterocycles. The zero-order chi connectivity index (χ0) is 22.7. The van der Waals surface area contributed by atoms with Crippen LogP contribution in [0.2, 0.25) is 0 Å². The van der Waals surface area contributed by atoms with Crippen LogP contribution in [0.3, 0.4) is 0 Å². The second-order valence-electron chi connectivity index (χ2n) is 6.20. The quantitative estimate of drug-likeness (QED) is 0.307. The largest absolute Gasteiger partial charge is 0.479 e. The molecule has 0 saturated carbocycles. The normalized spacial score (nSPS) is 12.5. The van der Waals surface area contributed by atoms with E-state index in [4.69, 9.17) is 14.0 Å². The molecule has 1 rings (SSSR count). The Morgan fingerprint density at radius 2 is 1.83 bits per heavy atom. The standard InChI is InChI=1S/C17H25N3O10/c1-9(2)13(19-17(25)27-4)16(24)29-8-28-15(23)10(21)5-6-18-14(22)11-7-12(26-3)20-30-11/h7,9-10,13,21H,5-6,8H2,1-4H3,(H,18,22)(H,19,25)/t10?,13-/m0/s1. The van der Waals surface area contributed by atoms with E-state index in [0.29, 0.717) is 0 Å². The van der Waals surface area contributed by atoms with Crippen molar-refractivity contribution >= 4 is 23.9 Å². The zero-order valence-electron chi connectivity index (χ0n) is 17.0. The summed E-state index contributed by atoms with van der Waals surface area (Å²) in [6, 6.07) is 0.263. The molecule has 0 aliphatic heterocycles. The summed E-state index contributed by atoms with van der Waals surface area (Å²) in [4.78, 5) is 46.8. The van der Waals surface area contributed by atoms with E-state index < -0.39 is 42.9 Å². The molecular weight excluding hydrogens is 406 g/mol. The summed E-state index contributed by atoms with van der Waals surface area (Å²) in [5.41, 5.74) is 0. The van der Waals surface area contributed by atoms with Crippen molar-refractivity contribution in [3.05, 3.63) is 11.8 Å². The van der Waals surface area contributed by atoms with Crippen LogP contribution in [0.4, 0.5) is 4.79 Å². The predicted molar refractivity (Wildman–Crippen MR) is 97.2 cm³/mol. The molecule has 168 valence electrons. The number of hydrogen-bond acceptors (Lipinski definition) is 11. The lowest BCUT2D eigenvalue weighted by atomic mass is 10.1. The van der Waals surface area contributed by atoms with E-state index in [0.717, 1.165) is 7.11 Å². The molecule has 3 N–H and O–H groups in total. The summed E-state index contributed by atoms with van der Waals surface area (Å²) in [6.45, 7) is 2.50. The smallest absolute Gasteiger partial charge is 0.407 e. The van der Waals surface area contributed by atoms with Gasteiger partial charge in [-0.25, -0.2) is 14.4 Å². The number of aliphatic hydroxyl groups excluding tert-OH is 1. The molecule has 1 aromatic heterocycles. The molecule has 1 aromatic rings. The van der Waals surface area contributed by atoms with Gasteiger partial charge in [-0.3, -0.25) is 4.79 Å². The van der Waals surface area contributed by atoms with Gasteiger partial charge in [0.1, 0.15) is 6.04 Å². The number of aromatic nitrogens is 1.